The summed E-state index contributed by atoms with van der Waals surface area (Å²) in [5, 5.41) is 12.8. The molecule has 0 bridgehead atoms. The van der Waals surface area contributed by atoms with Gasteiger partial charge in [0.25, 0.3) is 5.91 Å². The summed E-state index contributed by atoms with van der Waals surface area (Å²) in [5.74, 6) is 1.09. The number of primary amides is 1. The van der Waals surface area contributed by atoms with Crippen LogP contribution in [0, 0.1) is 0 Å². The fourth-order valence-electron chi connectivity index (χ4n) is 2.58. The van der Waals surface area contributed by atoms with E-state index in [1.54, 1.807) is 10.9 Å². The van der Waals surface area contributed by atoms with Crippen LogP contribution in [0.1, 0.15) is 40.9 Å². The van der Waals surface area contributed by atoms with Gasteiger partial charge in [-0.25, -0.2) is 0 Å². The molecule has 0 radical (unpaired) electrons. The van der Waals surface area contributed by atoms with Crippen molar-refractivity contribution in [2.75, 3.05) is 18.0 Å². The zero-order chi connectivity index (χ0) is 14.4. The van der Waals surface area contributed by atoms with E-state index in [0.717, 1.165) is 24.6 Å². The van der Waals surface area contributed by atoms with Gasteiger partial charge in [-0.05, 0) is 25.0 Å². The van der Waals surface area contributed by atoms with Crippen molar-refractivity contribution in [2.24, 2.45) is 5.73 Å². The lowest BCUT2D eigenvalue weighted by molar-refractivity contribution is 0.1000. The molecule has 1 amide bonds. The van der Waals surface area contributed by atoms with Gasteiger partial charge in [-0.3, -0.25) is 9.48 Å². The number of hydrogen-bond donors (Lipinski definition) is 1. The van der Waals surface area contributed by atoms with Crippen LogP contribution in [-0.2, 0) is 0 Å². The second-order valence-corrected chi connectivity index (χ2v) is 5.72. The molecule has 1 aliphatic heterocycles. The summed E-state index contributed by atoms with van der Waals surface area (Å²) < 4.78 is 1.79. The fourth-order valence-corrected chi connectivity index (χ4v) is 2.58. The predicted octanol–water partition coefficient (Wildman–Crippen LogP) is 0.711. The van der Waals surface area contributed by atoms with E-state index in [1.807, 2.05) is 6.07 Å². The molecule has 3 heterocycles. The second-order valence-electron chi connectivity index (χ2n) is 5.72. The van der Waals surface area contributed by atoms with E-state index < -0.39 is 5.91 Å². The number of anilines is 1. The Balaban J connectivity index is 1.40. The maximum Gasteiger partial charge on any atom is 0.251 e. The van der Waals surface area contributed by atoms with Crippen LogP contribution in [0.3, 0.4) is 0 Å². The molecule has 21 heavy (non-hydrogen) atoms. The van der Waals surface area contributed by atoms with E-state index in [0.29, 0.717) is 11.5 Å². The highest BCUT2D eigenvalue weighted by molar-refractivity contribution is 5.92. The Labute approximate surface area is 121 Å². The average Bonchev–Trinajstić information content (AvgIpc) is 3.16. The molecule has 2 N–H and O–H groups in total. The molecule has 0 unspecified atom stereocenters. The highest BCUT2D eigenvalue weighted by atomic mass is 16.1. The Morgan fingerprint density at radius 2 is 2.05 bits per heavy atom. The third-order valence-electron chi connectivity index (χ3n) is 4.11. The van der Waals surface area contributed by atoms with Gasteiger partial charge in [-0.2, -0.15) is 10.2 Å². The van der Waals surface area contributed by atoms with Gasteiger partial charge in [0.15, 0.2) is 5.82 Å². The van der Waals surface area contributed by atoms with E-state index in [-0.39, 0.29) is 6.04 Å². The van der Waals surface area contributed by atoms with Gasteiger partial charge in [0.2, 0.25) is 0 Å². The molecular weight excluding hydrogens is 268 g/mol. The SMILES string of the molecule is NC(=O)c1cnn(C2CN(c3ccc(C4CC4)nn3)C2)c1. The number of aromatic nitrogens is 4. The van der Waals surface area contributed by atoms with Crippen LogP contribution >= 0.6 is 0 Å². The molecule has 0 atom stereocenters. The van der Waals surface area contributed by atoms with E-state index >= 15 is 0 Å². The van der Waals surface area contributed by atoms with Crippen LogP contribution in [0.4, 0.5) is 5.82 Å². The van der Waals surface area contributed by atoms with Gasteiger partial charge in [-0.1, -0.05) is 0 Å². The van der Waals surface area contributed by atoms with Crippen LogP contribution in [0.5, 0.6) is 0 Å². The van der Waals surface area contributed by atoms with Crippen molar-refractivity contribution in [3.63, 3.8) is 0 Å². The first-order valence-electron chi connectivity index (χ1n) is 7.13. The van der Waals surface area contributed by atoms with Crippen LogP contribution in [-0.4, -0.2) is 39.0 Å². The van der Waals surface area contributed by atoms with Crippen molar-refractivity contribution in [3.05, 3.63) is 35.8 Å². The van der Waals surface area contributed by atoms with E-state index in [2.05, 4.69) is 26.3 Å². The highest BCUT2D eigenvalue weighted by Gasteiger charge is 2.31. The molecule has 4 rings (SSSR count). The second kappa shape index (κ2) is 4.54. The molecular formula is C14H16N6O. The molecule has 1 saturated carbocycles. The Morgan fingerprint density at radius 1 is 1.24 bits per heavy atom. The largest absolute Gasteiger partial charge is 0.366 e. The normalized spacial score (nSPS) is 18.6. The molecule has 0 spiro atoms. The van der Waals surface area contributed by atoms with Crippen molar-refractivity contribution in [1.82, 2.24) is 20.0 Å². The van der Waals surface area contributed by atoms with Gasteiger partial charge in [0.05, 0.1) is 23.5 Å². The van der Waals surface area contributed by atoms with Crippen molar-refractivity contribution in [3.8, 4) is 0 Å². The zero-order valence-corrected chi connectivity index (χ0v) is 11.5. The first kappa shape index (κ1) is 12.3. The number of nitrogens with two attached hydrogens (primary N) is 1. The van der Waals surface area contributed by atoms with Gasteiger partial charge in [0.1, 0.15) is 0 Å². The lowest BCUT2D eigenvalue weighted by Crippen LogP contribution is -2.48. The Hall–Kier alpha value is -2.44. The Kier molecular flexibility index (Phi) is 2.66. The molecule has 7 nitrogen and oxygen atoms in total. The predicted molar refractivity (Wildman–Crippen MR) is 76.0 cm³/mol. The molecule has 2 aromatic rings. The number of rotatable bonds is 4. The molecule has 108 valence electrons. The Morgan fingerprint density at radius 3 is 2.62 bits per heavy atom. The van der Waals surface area contributed by atoms with E-state index in [4.69, 9.17) is 5.73 Å². The molecule has 2 aromatic heterocycles. The first-order chi connectivity index (χ1) is 10.2. The van der Waals surface area contributed by atoms with Crippen LogP contribution < -0.4 is 10.6 Å². The topological polar surface area (TPSA) is 89.9 Å². The summed E-state index contributed by atoms with van der Waals surface area (Å²) in [6, 6.07) is 4.37. The third kappa shape index (κ3) is 2.24. The molecule has 2 fully saturated rings. The van der Waals surface area contributed by atoms with E-state index in [1.165, 1.54) is 19.0 Å². The third-order valence-corrected chi connectivity index (χ3v) is 4.11. The standard InChI is InChI=1S/C14H16N6O/c15-14(21)10-5-16-20(6-10)11-7-19(8-11)13-4-3-12(17-18-13)9-1-2-9/h3-6,9,11H,1-2,7-8H2,(H2,15,21). The van der Waals surface area contributed by atoms with Crippen LogP contribution in [0.25, 0.3) is 0 Å². The molecule has 1 aliphatic carbocycles. The van der Waals surface area contributed by atoms with Crippen LogP contribution in [0.15, 0.2) is 24.5 Å². The highest BCUT2D eigenvalue weighted by Crippen LogP contribution is 2.39. The molecule has 0 aromatic carbocycles. The monoisotopic (exact) mass is 284 g/mol. The smallest absolute Gasteiger partial charge is 0.251 e. The van der Waals surface area contributed by atoms with Crippen molar-refractivity contribution in [2.45, 2.75) is 24.8 Å². The minimum Gasteiger partial charge on any atom is -0.366 e. The number of hydrogen-bond acceptors (Lipinski definition) is 5. The van der Waals surface area contributed by atoms with E-state index in [9.17, 15) is 4.79 Å². The maximum absolute atomic E-state index is 11.1. The number of carbonyl (C=O) groups is 1. The Bertz CT molecular complexity index is 669. The molecule has 2 aliphatic rings. The number of carbonyl (C=O) groups excluding carboxylic acids is 1. The summed E-state index contributed by atoms with van der Waals surface area (Å²) in [6.45, 7) is 1.63. The lowest BCUT2D eigenvalue weighted by atomic mass is 10.1. The summed E-state index contributed by atoms with van der Waals surface area (Å²) in [7, 11) is 0. The van der Waals surface area contributed by atoms with Gasteiger partial charge in [0, 0.05) is 25.2 Å². The summed E-state index contributed by atoms with van der Waals surface area (Å²) >= 11 is 0. The quantitative estimate of drug-likeness (QED) is 0.893. The first-order valence-corrected chi connectivity index (χ1v) is 7.13. The zero-order valence-electron chi connectivity index (χ0n) is 11.5. The summed E-state index contributed by atoms with van der Waals surface area (Å²) in [6.07, 6.45) is 5.68. The maximum atomic E-state index is 11.1. The van der Waals surface area contributed by atoms with Crippen molar-refractivity contribution in [1.29, 1.82) is 0 Å². The van der Waals surface area contributed by atoms with Crippen LogP contribution in [0.2, 0.25) is 0 Å². The van der Waals surface area contributed by atoms with Gasteiger partial charge in [-0.15, -0.1) is 5.10 Å². The minimum atomic E-state index is -0.445. The van der Waals surface area contributed by atoms with Gasteiger partial charge < -0.3 is 10.6 Å². The summed E-state index contributed by atoms with van der Waals surface area (Å²) in [4.78, 5) is 13.2. The van der Waals surface area contributed by atoms with Crippen molar-refractivity contribution < 1.29 is 4.79 Å². The molecule has 7 heteroatoms. The average molecular weight is 284 g/mol. The molecule has 1 saturated heterocycles. The van der Waals surface area contributed by atoms with Crippen molar-refractivity contribution >= 4 is 11.7 Å². The minimum absolute atomic E-state index is 0.253. The summed E-state index contributed by atoms with van der Waals surface area (Å²) in [5.41, 5.74) is 6.78. The lowest BCUT2D eigenvalue weighted by Gasteiger charge is -2.39. The number of amides is 1. The van der Waals surface area contributed by atoms with Gasteiger partial charge >= 0.3 is 0 Å². The fraction of sp³-hybridized carbons (Fsp3) is 0.429. The number of nitrogens with zero attached hydrogens (tertiary/aromatic N) is 5.